The van der Waals surface area contributed by atoms with Crippen LogP contribution < -0.4 is 5.32 Å². The van der Waals surface area contributed by atoms with E-state index in [1.54, 1.807) is 0 Å². The smallest absolute Gasteiger partial charge is 0.306 e. The van der Waals surface area contributed by atoms with Gasteiger partial charge in [0, 0.05) is 12.6 Å². The molecule has 3 nitrogen and oxygen atoms in total. The van der Waals surface area contributed by atoms with Gasteiger partial charge in [-0.05, 0) is 31.6 Å². The van der Waals surface area contributed by atoms with Crippen LogP contribution in [0.3, 0.4) is 0 Å². The minimum Gasteiger partial charge on any atom is -0.469 e. The molecule has 0 aromatic rings. The number of nitrogens with one attached hydrogen (secondary N) is 1. The molecule has 1 aliphatic rings. The number of esters is 1. The van der Waals surface area contributed by atoms with Crippen LogP contribution in [0.15, 0.2) is 0 Å². The maximum atomic E-state index is 10.9. The zero-order valence-electron chi connectivity index (χ0n) is 9.92. The van der Waals surface area contributed by atoms with Crippen molar-refractivity contribution in [3.8, 4) is 0 Å². The van der Waals surface area contributed by atoms with Gasteiger partial charge in [-0.15, -0.1) is 0 Å². The van der Waals surface area contributed by atoms with Crippen LogP contribution >= 0.6 is 0 Å². The van der Waals surface area contributed by atoms with Gasteiger partial charge in [0.05, 0.1) is 13.5 Å². The average molecular weight is 213 g/mol. The number of ether oxygens (including phenoxy) is 1. The van der Waals surface area contributed by atoms with Crippen LogP contribution in [0.25, 0.3) is 0 Å². The third-order valence-corrected chi connectivity index (χ3v) is 3.41. The zero-order valence-corrected chi connectivity index (χ0v) is 9.92. The van der Waals surface area contributed by atoms with Crippen molar-refractivity contribution < 1.29 is 9.53 Å². The van der Waals surface area contributed by atoms with E-state index in [1.165, 1.54) is 39.2 Å². The van der Waals surface area contributed by atoms with Crippen molar-refractivity contribution in [1.82, 2.24) is 5.32 Å². The fraction of sp³-hybridized carbons (Fsp3) is 0.917. The fourth-order valence-corrected chi connectivity index (χ4v) is 2.26. The highest BCUT2D eigenvalue weighted by Crippen LogP contribution is 2.26. The summed E-state index contributed by atoms with van der Waals surface area (Å²) < 4.78 is 4.60. The highest BCUT2D eigenvalue weighted by Gasteiger charge is 2.19. The normalized spacial score (nSPS) is 26.3. The predicted molar refractivity (Wildman–Crippen MR) is 60.7 cm³/mol. The summed E-state index contributed by atoms with van der Waals surface area (Å²) in [5.41, 5.74) is 0. The second-order valence-electron chi connectivity index (χ2n) is 4.41. The van der Waals surface area contributed by atoms with Crippen molar-refractivity contribution in [1.29, 1.82) is 0 Å². The Morgan fingerprint density at radius 1 is 1.33 bits per heavy atom. The van der Waals surface area contributed by atoms with Crippen molar-refractivity contribution in [2.75, 3.05) is 13.7 Å². The first-order chi connectivity index (χ1) is 7.26. The lowest BCUT2D eigenvalue weighted by molar-refractivity contribution is -0.140. The molecule has 0 amide bonds. The second kappa shape index (κ2) is 6.83. The molecule has 1 rings (SSSR count). The molecule has 0 atom stereocenters. The predicted octanol–water partition coefficient (Wildman–Crippen LogP) is 2.11. The van der Waals surface area contributed by atoms with Gasteiger partial charge in [-0.25, -0.2) is 0 Å². The summed E-state index contributed by atoms with van der Waals surface area (Å²) >= 11 is 0. The third kappa shape index (κ3) is 4.65. The molecule has 1 saturated carbocycles. The molecule has 0 saturated heterocycles. The van der Waals surface area contributed by atoms with E-state index < -0.39 is 0 Å². The van der Waals surface area contributed by atoms with Gasteiger partial charge in [-0.3, -0.25) is 4.79 Å². The lowest BCUT2D eigenvalue weighted by Gasteiger charge is -2.28. The summed E-state index contributed by atoms with van der Waals surface area (Å²) in [6.45, 7) is 3.03. The fourth-order valence-electron chi connectivity index (χ4n) is 2.26. The van der Waals surface area contributed by atoms with Crippen LogP contribution in [-0.4, -0.2) is 25.7 Å². The number of hydrogen-bond donors (Lipinski definition) is 1. The van der Waals surface area contributed by atoms with Gasteiger partial charge >= 0.3 is 5.97 Å². The van der Waals surface area contributed by atoms with Crippen LogP contribution in [0.1, 0.15) is 45.4 Å². The van der Waals surface area contributed by atoms with Gasteiger partial charge < -0.3 is 10.1 Å². The van der Waals surface area contributed by atoms with Gasteiger partial charge in [0.2, 0.25) is 0 Å². The molecule has 0 unspecified atom stereocenters. The van der Waals surface area contributed by atoms with E-state index in [0.29, 0.717) is 12.5 Å². The standard InChI is InChI=1S/C12H23NO2/c1-3-10-4-6-11(7-5-10)13-9-8-12(14)15-2/h10-11,13H,3-9H2,1-2H3. The molecule has 88 valence electrons. The monoisotopic (exact) mass is 213 g/mol. The Morgan fingerprint density at radius 2 is 2.00 bits per heavy atom. The first-order valence-corrected chi connectivity index (χ1v) is 6.06. The lowest BCUT2D eigenvalue weighted by atomic mass is 9.84. The van der Waals surface area contributed by atoms with Gasteiger partial charge in [0.1, 0.15) is 0 Å². The summed E-state index contributed by atoms with van der Waals surface area (Å²) in [6, 6.07) is 0.623. The highest BCUT2D eigenvalue weighted by molar-refractivity contribution is 5.69. The van der Waals surface area contributed by atoms with Crippen LogP contribution in [0, 0.1) is 5.92 Å². The van der Waals surface area contributed by atoms with Crippen molar-refractivity contribution in [3.63, 3.8) is 0 Å². The van der Waals surface area contributed by atoms with Gasteiger partial charge in [0.15, 0.2) is 0 Å². The van der Waals surface area contributed by atoms with E-state index >= 15 is 0 Å². The van der Waals surface area contributed by atoms with Crippen LogP contribution in [0.4, 0.5) is 0 Å². The summed E-state index contributed by atoms with van der Waals surface area (Å²) in [7, 11) is 1.44. The van der Waals surface area contributed by atoms with Crippen molar-refractivity contribution in [2.24, 2.45) is 5.92 Å². The summed E-state index contributed by atoms with van der Waals surface area (Å²) in [6.07, 6.45) is 7.01. The van der Waals surface area contributed by atoms with Crippen LogP contribution in [-0.2, 0) is 9.53 Å². The molecule has 0 heterocycles. The Bertz CT molecular complexity index is 186. The zero-order chi connectivity index (χ0) is 11.1. The lowest BCUT2D eigenvalue weighted by Crippen LogP contribution is -2.34. The van der Waals surface area contributed by atoms with Gasteiger partial charge in [-0.1, -0.05) is 13.3 Å². The molecule has 15 heavy (non-hydrogen) atoms. The Kier molecular flexibility index (Phi) is 5.69. The minimum atomic E-state index is -0.121. The molecule has 0 aromatic heterocycles. The average Bonchev–Trinajstić information content (AvgIpc) is 2.29. The van der Waals surface area contributed by atoms with Crippen molar-refractivity contribution in [2.45, 2.75) is 51.5 Å². The van der Waals surface area contributed by atoms with E-state index in [2.05, 4.69) is 17.0 Å². The topological polar surface area (TPSA) is 38.3 Å². The largest absolute Gasteiger partial charge is 0.469 e. The molecule has 0 aromatic carbocycles. The first-order valence-electron chi connectivity index (χ1n) is 6.06. The summed E-state index contributed by atoms with van der Waals surface area (Å²) in [5, 5.41) is 3.43. The Labute approximate surface area is 92.6 Å². The van der Waals surface area contributed by atoms with Crippen LogP contribution in [0.2, 0.25) is 0 Å². The number of methoxy groups -OCH3 is 1. The second-order valence-corrected chi connectivity index (χ2v) is 4.41. The van der Waals surface area contributed by atoms with E-state index in [4.69, 9.17) is 0 Å². The first kappa shape index (κ1) is 12.5. The molecule has 0 bridgehead atoms. The number of carbonyl (C=O) groups is 1. The SMILES string of the molecule is CCC1CCC(NCCC(=O)OC)CC1. The molecule has 3 heteroatoms. The Morgan fingerprint density at radius 3 is 2.53 bits per heavy atom. The Hall–Kier alpha value is -0.570. The molecular weight excluding hydrogens is 190 g/mol. The molecular formula is C12H23NO2. The maximum Gasteiger partial charge on any atom is 0.306 e. The number of rotatable bonds is 5. The highest BCUT2D eigenvalue weighted by atomic mass is 16.5. The van der Waals surface area contributed by atoms with Gasteiger partial charge in [0.25, 0.3) is 0 Å². The molecule has 1 fully saturated rings. The quantitative estimate of drug-likeness (QED) is 0.711. The molecule has 0 radical (unpaired) electrons. The van der Waals surface area contributed by atoms with Crippen LogP contribution in [0.5, 0.6) is 0 Å². The number of carbonyl (C=O) groups excluding carboxylic acids is 1. The summed E-state index contributed by atoms with van der Waals surface area (Å²) in [5.74, 6) is 0.813. The third-order valence-electron chi connectivity index (χ3n) is 3.41. The van der Waals surface area contributed by atoms with Gasteiger partial charge in [-0.2, -0.15) is 0 Å². The van der Waals surface area contributed by atoms with Crippen molar-refractivity contribution >= 4 is 5.97 Å². The number of hydrogen-bond acceptors (Lipinski definition) is 3. The van der Waals surface area contributed by atoms with E-state index in [0.717, 1.165) is 12.5 Å². The maximum absolute atomic E-state index is 10.9. The van der Waals surface area contributed by atoms with E-state index in [-0.39, 0.29) is 5.97 Å². The summed E-state index contributed by atoms with van der Waals surface area (Å²) in [4.78, 5) is 10.9. The van der Waals surface area contributed by atoms with E-state index in [9.17, 15) is 4.79 Å². The Balaban J connectivity index is 2.06. The molecule has 0 aliphatic heterocycles. The minimum absolute atomic E-state index is 0.121. The molecule has 0 spiro atoms. The molecule has 1 N–H and O–H groups in total. The van der Waals surface area contributed by atoms with Crippen molar-refractivity contribution in [3.05, 3.63) is 0 Å². The molecule has 1 aliphatic carbocycles. The van der Waals surface area contributed by atoms with E-state index in [1.807, 2.05) is 0 Å².